The highest BCUT2D eigenvalue weighted by molar-refractivity contribution is 8.00. The van der Waals surface area contributed by atoms with Crippen molar-refractivity contribution < 1.29 is 18.0 Å². The number of sulfone groups is 1. The number of fused-ring (bicyclic) bond motifs is 1. The number of benzene rings is 1. The Labute approximate surface area is 158 Å². The zero-order chi connectivity index (χ0) is 18.6. The Hall–Kier alpha value is -1.54. The van der Waals surface area contributed by atoms with E-state index in [1.807, 2.05) is 0 Å². The molecule has 1 aromatic rings. The summed E-state index contributed by atoms with van der Waals surface area (Å²) in [5.74, 6) is -0.242. The maximum atomic E-state index is 12.6. The number of hydrogen-bond donors (Lipinski definition) is 2. The molecule has 0 radical (unpaired) electrons. The molecule has 0 aromatic heterocycles. The summed E-state index contributed by atoms with van der Waals surface area (Å²) in [7, 11) is -3.58. The van der Waals surface area contributed by atoms with Gasteiger partial charge in [0.15, 0.2) is 9.84 Å². The van der Waals surface area contributed by atoms with Crippen LogP contribution in [0.25, 0.3) is 0 Å². The standard InChI is InChI=1S/C18H24N2O4S2/c21-17(19-13-5-3-1-2-4-6-13)9-10-26(23,24)14-7-8-16-15(11-14)20-18(22)12-25-16/h7-8,11,13H,1-6,9-10,12H2,(H,19,21)(H,20,22). The van der Waals surface area contributed by atoms with E-state index in [-0.39, 0.29) is 34.9 Å². The predicted molar refractivity (Wildman–Crippen MR) is 102 cm³/mol. The van der Waals surface area contributed by atoms with Crippen LogP contribution in [-0.2, 0) is 19.4 Å². The number of amides is 2. The first-order valence-electron chi connectivity index (χ1n) is 9.03. The fraction of sp³-hybridized carbons (Fsp3) is 0.556. The van der Waals surface area contributed by atoms with Crippen molar-refractivity contribution in [2.45, 2.75) is 60.8 Å². The van der Waals surface area contributed by atoms with E-state index < -0.39 is 9.84 Å². The Balaban J connectivity index is 1.59. The molecule has 1 aromatic carbocycles. The number of carbonyl (C=O) groups excluding carboxylic acids is 2. The summed E-state index contributed by atoms with van der Waals surface area (Å²) in [4.78, 5) is 24.6. The van der Waals surface area contributed by atoms with E-state index in [1.54, 1.807) is 12.1 Å². The van der Waals surface area contributed by atoms with E-state index >= 15 is 0 Å². The van der Waals surface area contributed by atoms with E-state index in [4.69, 9.17) is 0 Å². The lowest BCUT2D eigenvalue weighted by molar-refractivity contribution is -0.121. The Morgan fingerprint density at radius 1 is 1.19 bits per heavy atom. The van der Waals surface area contributed by atoms with E-state index in [1.165, 1.54) is 30.7 Å². The molecular weight excluding hydrogens is 372 g/mol. The van der Waals surface area contributed by atoms with Crippen molar-refractivity contribution in [3.8, 4) is 0 Å². The number of thioether (sulfide) groups is 1. The van der Waals surface area contributed by atoms with Crippen molar-refractivity contribution >= 4 is 39.1 Å². The van der Waals surface area contributed by atoms with Gasteiger partial charge in [-0.15, -0.1) is 11.8 Å². The van der Waals surface area contributed by atoms with Gasteiger partial charge < -0.3 is 10.6 Å². The van der Waals surface area contributed by atoms with Crippen LogP contribution in [0.5, 0.6) is 0 Å². The van der Waals surface area contributed by atoms with Gasteiger partial charge in [-0.2, -0.15) is 0 Å². The number of hydrogen-bond acceptors (Lipinski definition) is 5. The van der Waals surface area contributed by atoms with Gasteiger partial charge in [0, 0.05) is 17.4 Å². The van der Waals surface area contributed by atoms with Gasteiger partial charge in [-0.25, -0.2) is 8.42 Å². The highest BCUT2D eigenvalue weighted by Gasteiger charge is 2.22. The van der Waals surface area contributed by atoms with Gasteiger partial charge >= 0.3 is 0 Å². The van der Waals surface area contributed by atoms with E-state index in [9.17, 15) is 18.0 Å². The molecule has 1 saturated carbocycles. The fourth-order valence-electron chi connectivity index (χ4n) is 3.32. The number of anilines is 1. The lowest BCUT2D eigenvalue weighted by Crippen LogP contribution is -2.35. The molecule has 3 rings (SSSR count). The monoisotopic (exact) mass is 396 g/mol. The molecule has 1 aliphatic carbocycles. The van der Waals surface area contributed by atoms with Crippen molar-refractivity contribution in [3.05, 3.63) is 18.2 Å². The van der Waals surface area contributed by atoms with Gasteiger partial charge in [-0.05, 0) is 31.0 Å². The van der Waals surface area contributed by atoms with Crippen LogP contribution in [0.4, 0.5) is 5.69 Å². The van der Waals surface area contributed by atoms with Gasteiger partial charge in [0.05, 0.1) is 22.1 Å². The lowest BCUT2D eigenvalue weighted by Gasteiger charge is -2.17. The Kier molecular flexibility index (Phi) is 6.24. The van der Waals surface area contributed by atoms with Gasteiger partial charge in [0.2, 0.25) is 11.8 Å². The first-order chi connectivity index (χ1) is 12.4. The van der Waals surface area contributed by atoms with Crippen LogP contribution in [0.15, 0.2) is 28.0 Å². The third-order valence-electron chi connectivity index (χ3n) is 4.76. The van der Waals surface area contributed by atoms with Crippen molar-refractivity contribution in [1.29, 1.82) is 0 Å². The minimum atomic E-state index is -3.58. The fourth-order valence-corrected chi connectivity index (χ4v) is 5.38. The zero-order valence-electron chi connectivity index (χ0n) is 14.6. The normalized spacial score (nSPS) is 18.5. The molecule has 1 fully saturated rings. The van der Waals surface area contributed by atoms with Crippen LogP contribution < -0.4 is 10.6 Å². The van der Waals surface area contributed by atoms with Gasteiger partial charge in [-0.1, -0.05) is 25.7 Å². The molecule has 0 unspecified atom stereocenters. The largest absolute Gasteiger partial charge is 0.353 e. The van der Waals surface area contributed by atoms with Crippen LogP contribution in [0.1, 0.15) is 44.9 Å². The van der Waals surface area contributed by atoms with Crippen molar-refractivity contribution in [1.82, 2.24) is 5.32 Å². The highest BCUT2D eigenvalue weighted by Crippen LogP contribution is 2.33. The molecule has 0 bridgehead atoms. The van der Waals surface area contributed by atoms with Gasteiger partial charge in [0.1, 0.15) is 0 Å². The first-order valence-corrected chi connectivity index (χ1v) is 11.7. The number of nitrogens with one attached hydrogen (secondary N) is 2. The molecule has 0 saturated heterocycles. The molecular formula is C18H24N2O4S2. The summed E-state index contributed by atoms with van der Waals surface area (Å²) in [6.45, 7) is 0. The molecule has 0 atom stereocenters. The average molecular weight is 397 g/mol. The second-order valence-electron chi connectivity index (χ2n) is 6.82. The molecule has 6 nitrogen and oxygen atoms in total. The molecule has 26 heavy (non-hydrogen) atoms. The van der Waals surface area contributed by atoms with E-state index in [0.717, 1.165) is 30.6 Å². The maximum Gasteiger partial charge on any atom is 0.234 e. The molecule has 0 spiro atoms. The second-order valence-corrected chi connectivity index (χ2v) is 9.95. The lowest BCUT2D eigenvalue weighted by atomic mass is 10.1. The van der Waals surface area contributed by atoms with Crippen LogP contribution in [0, 0.1) is 0 Å². The quantitative estimate of drug-likeness (QED) is 0.747. The number of rotatable bonds is 5. The molecule has 1 heterocycles. The van der Waals surface area contributed by atoms with Crippen molar-refractivity contribution in [3.63, 3.8) is 0 Å². The summed E-state index contributed by atoms with van der Waals surface area (Å²) in [6.07, 6.45) is 6.53. The molecule has 1 aliphatic heterocycles. The van der Waals surface area contributed by atoms with Crippen LogP contribution in [0.2, 0.25) is 0 Å². The third-order valence-corrected chi connectivity index (χ3v) is 7.55. The summed E-state index contributed by atoms with van der Waals surface area (Å²) < 4.78 is 25.1. The first kappa shape index (κ1) is 19.2. The second kappa shape index (κ2) is 8.43. The third kappa shape index (κ3) is 5.01. The summed E-state index contributed by atoms with van der Waals surface area (Å²) >= 11 is 1.38. The van der Waals surface area contributed by atoms with Crippen molar-refractivity contribution in [2.24, 2.45) is 0 Å². The summed E-state index contributed by atoms with van der Waals surface area (Å²) in [5.41, 5.74) is 0.523. The minimum absolute atomic E-state index is 0.0446. The Morgan fingerprint density at radius 3 is 2.65 bits per heavy atom. The maximum absolute atomic E-state index is 12.6. The van der Waals surface area contributed by atoms with Crippen LogP contribution >= 0.6 is 11.8 Å². The topological polar surface area (TPSA) is 92.3 Å². The molecule has 2 N–H and O–H groups in total. The number of carbonyl (C=O) groups is 2. The van der Waals surface area contributed by atoms with Crippen LogP contribution in [0.3, 0.4) is 0 Å². The van der Waals surface area contributed by atoms with E-state index in [0.29, 0.717) is 11.4 Å². The molecule has 8 heteroatoms. The predicted octanol–water partition coefficient (Wildman–Crippen LogP) is 2.73. The minimum Gasteiger partial charge on any atom is -0.353 e. The van der Waals surface area contributed by atoms with Gasteiger partial charge in [0.25, 0.3) is 0 Å². The Bertz CT molecular complexity index is 784. The molecule has 2 amide bonds. The van der Waals surface area contributed by atoms with Crippen LogP contribution in [-0.4, -0.2) is 37.8 Å². The molecule has 142 valence electrons. The zero-order valence-corrected chi connectivity index (χ0v) is 16.3. The Morgan fingerprint density at radius 2 is 1.92 bits per heavy atom. The average Bonchev–Trinajstić information content (AvgIpc) is 2.88. The molecule has 2 aliphatic rings. The van der Waals surface area contributed by atoms with E-state index in [2.05, 4.69) is 10.6 Å². The SMILES string of the molecule is O=C1CSc2ccc(S(=O)(=O)CCC(=O)NC3CCCCCC3)cc2N1. The highest BCUT2D eigenvalue weighted by atomic mass is 32.2. The van der Waals surface area contributed by atoms with Gasteiger partial charge in [-0.3, -0.25) is 9.59 Å². The smallest absolute Gasteiger partial charge is 0.234 e. The van der Waals surface area contributed by atoms with Crippen molar-refractivity contribution in [2.75, 3.05) is 16.8 Å². The summed E-state index contributed by atoms with van der Waals surface area (Å²) in [5, 5.41) is 5.67. The summed E-state index contributed by atoms with van der Waals surface area (Å²) in [6, 6.07) is 4.90.